The Morgan fingerprint density at radius 3 is 2.87 bits per heavy atom. The van der Waals surface area contributed by atoms with Gasteiger partial charge in [-0.25, -0.2) is 4.79 Å². The molecule has 0 bridgehead atoms. The van der Waals surface area contributed by atoms with E-state index in [1.165, 1.54) is 12.8 Å². The summed E-state index contributed by atoms with van der Waals surface area (Å²) in [5.41, 5.74) is 1.73. The van der Waals surface area contributed by atoms with E-state index in [1.807, 2.05) is 25.1 Å². The number of hydrogen-bond donors (Lipinski definition) is 2. The molecule has 1 atom stereocenters. The van der Waals surface area contributed by atoms with Crippen LogP contribution in [0.3, 0.4) is 0 Å². The molecule has 3 rings (SSSR count). The molecule has 5 heteroatoms. The third kappa shape index (κ3) is 3.61. The lowest BCUT2D eigenvalue weighted by Crippen LogP contribution is -2.48. The van der Waals surface area contributed by atoms with Crippen molar-refractivity contribution < 1.29 is 14.3 Å². The Balaban J connectivity index is 1.61. The highest BCUT2D eigenvalue weighted by Crippen LogP contribution is 2.40. The van der Waals surface area contributed by atoms with Gasteiger partial charge in [0.1, 0.15) is 5.75 Å². The Hall–Kier alpha value is -1.75. The summed E-state index contributed by atoms with van der Waals surface area (Å²) in [7, 11) is 1.61. The quantitative estimate of drug-likeness (QED) is 0.895. The zero-order valence-electron chi connectivity index (χ0n) is 14.0. The zero-order valence-corrected chi connectivity index (χ0v) is 14.0. The molecule has 0 radical (unpaired) electrons. The molecule has 5 nitrogen and oxygen atoms in total. The molecule has 23 heavy (non-hydrogen) atoms. The number of rotatable bonds is 3. The maximum Gasteiger partial charge on any atom is 0.319 e. The van der Waals surface area contributed by atoms with Crippen LogP contribution in [-0.4, -0.2) is 31.4 Å². The van der Waals surface area contributed by atoms with Gasteiger partial charge in [-0.1, -0.05) is 25.0 Å². The van der Waals surface area contributed by atoms with E-state index in [0.717, 1.165) is 43.5 Å². The summed E-state index contributed by atoms with van der Waals surface area (Å²) in [6.45, 7) is 2.69. The fourth-order valence-corrected chi connectivity index (χ4v) is 3.82. The van der Waals surface area contributed by atoms with E-state index < -0.39 is 0 Å². The van der Waals surface area contributed by atoms with Gasteiger partial charge < -0.3 is 20.1 Å². The Morgan fingerprint density at radius 2 is 2.13 bits per heavy atom. The van der Waals surface area contributed by atoms with E-state index in [1.54, 1.807) is 7.11 Å². The van der Waals surface area contributed by atoms with Gasteiger partial charge in [0.15, 0.2) is 0 Å². The summed E-state index contributed by atoms with van der Waals surface area (Å²) in [6, 6.07) is 5.74. The second-order valence-corrected chi connectivity index (χ2v) is 6.68. The van der Waals surface area contributed by atoms with Crippen LogP contribution in [0.15, 0.2) is 18.2 Å². The average molecular weight is 318 g/mol. The van der Waals surface area contributed by atoms with E-state index in [-0.39, 0.29) is 17.7 Å². The minimum absolute atomic E-state index is 0.0105. The van der Waals surface area contributed by atoms with Crippen molar-refractivity contribution in [3.8, 4) is 5.75 Å². The molecule has 126 valence electrons. The molecular formula is C18H26N2O3. The van der Waals surface area contributed by atoms with Gasteiger partial charge in [0.25, 0.3) is 0 Å². The van der Waals surface area contributed by atoms with Crippen LogP contribution in [0.2, 0.25) is 0 Å². The van der Waals surface area contributed by atoms with Crippen molar-refractivity contribution in [2.45, 2.75) is 57.1 Å². The molecule has 1 heterocycles. The monoisotopic (exact) mass is 318 g/mol. The molecule has 0 unspecified atom stereocenters. The van der Waals surface area contributed by atoms with Gasteiger partial charge in [-0.05, 0) is 44.2 Å². The van der Waals surface area contributed by atoms with Gasteiger partial charge in [-0.15, -0.1) is 0 Å². The van der Waals surface area contributed by atoms with Crippen LogP contribution in [0.1, 0.15) is 44.1 Å². The minimum atomic E-state index is -0.169. The number of carbonyl (C=O) groups excluding carboxylic acids is 1. The topological polar surface area (TPSA) is 59.6 Å². The Kier molecular flexibility index (Phi) is 4.76. The number of amides is 2. The van der Waals surface area contributed by atoms with Gasteiger partial charge in [0.05, 0.1) is 18.4 Å². The highest BCUT2D eigenvalue weighted by Gasteiger charge is 2.40. The standard InChI is InChI=1S/C18H26N2O3/c1-13-6-5-7-15(22-2)16(13)20-17(21)19-14-8-11-23-18(12-14)9-3-4-10-18/h5-7,14H,3-4,8-12H2,1-2H3,(H2,19,20,21)/t14-/m0/s1. The molecular weight excluding hydrogens is 292 g/mol. The van der Waals surface area contributed by atoms with Crippen LogP contribution in [0, 0.1) is 6.92 Å². The van der Waals surface area contributed by atoms with Crippen LogP contribution < -0.4 is 15.4 Å². The molecule has 1 aromatic carbocycles. The summed E-state index contributed by atoms with van der Waals surface area (Å²) < 4.78 is 11.4. The molecule has 2 fully saturated rings. The Labute approximate surface area is 137 Å². The Morgan fingerprint density at radius 1 is 1.35 bits per heavy atom. The number of aryl methyl sites for hydroxylation is 1. The molecule has 1 aromatic rings. The number of anilines is 1. The average Bonchev–Trinajstić information content (AvgIpc) is 2.97. The number of ether oxygens (including phenoxy) is 2. The summed E-state index contributed by atoms with van der Waals surface area (Å²) in [6.07, 6.45) is 6.51. The highest BCUT2D eigenvalue weighted by molar-refractivity contribution is 5.92. The maximum atomic E-state index is 12.4. The lowest BCUT2D eigenvalue weighted by Gasteiger charge is -2.38. The molecule has 1 saturated carbocycles. The van der Waals surface area contributed by atoms with Crippen molar-refractivity contribution in [2.75, 3.05) is 19.0 Å². The molecule has 2 amide bonds. The van der Waals surface area contributed by atoms with Gasteiger partial charge in [0.2, 0.25) is 0 Å². The van der Waals surface area contributed by atoms with Crippen molar-refractivity contribution in [1.29, 1.82) is 0 Å². The van der Waals surface area contributed by atoms with Crippen molar-refractivity contribution in [2.24, 2.45) is 0 Å². The Bertz CT molecular complexity index is 567. The third-order valence-corrected chi connectivity index (χ3v) is 5.04. The normalized spacial score (nSPS) is 22.8. The molecule has 1 aliphatic heterocycles. The minimum Gasteiger partial charge on any atom is -0.495 e. The maximum absolute atomic E-state index is 12.4. The molecule has 2 aliphatic rings. The first kappa shape index (κ1) is 16.1. The van der Waals surface area contributed by atoms with Gasteiger partial charge in [-0.2, -0.15) is 0 Å². The lowest BCUT2D eigenvalue weighted by atomic mass is 9.89. The largest absolute Gasteiger partial charge is 0.495 e. The van der Waals surface area contributed by atoms with Crippen LogP contribution >= 0.6 is 0 Å². The molecule has 1 aliphatic carbocycles. The van der Waals surface area contributed by atoms with Crippen molar-refractivity contribution in [3.05, 3.63) is 23.8 Å². The van der Waals surface area contributed by atoms with Crippen LogP contribution in [0.5, 0.6) is 5.75 Å². The highest BCUT2D eigenvalue weighted by atomic mass is 16.5. The zero-order chi connectivity index (χ0) is 16.3. The van der Waals surface area contributed by atoms with Gasteiger partial charge >= 0.3 is 6.03 Å². The predicted molar refractivity (Wildman–Crippen MR) is 90.1 cm³/mol. The number of para-hydroxylation sites is 1. The van der Waals surface area contributed by atoms with Crippen molar-refractivity contribution >= 4 is 11.7 Å². The van der Waals surface area contributed by atoms with Gasteiger partial charge in [0, 0.05) is 12.6 Å². The first-order valence-electron chi connectivity index (χ1n) is 8.47. The predicted octanol–water partition coefficient (Wildman–Crippen LogP) is 3.62. The molecule has 2 N–H and O–H groups in total. The summed E-state index contributed by atoms with van der Waals surface area (Å²) >= 11 is 0. The van der Waals surface area contributed by atoms with Gasteiger partial charge in [-0.3, -0.25) is 0 Å². The molecule has 0 aromatic heterocycles. The van der Waals surface area contributed by atoms with Crippen LogP contribution in [-0.2, 0) is 4.74 Å². The summed E-state index contributed by atoms with van der Waals surface area (Å²) in [5, 5.41) is 6.05. The number of methoxy groups -OCH3 is 1. The van der Waals surface area contributed by atoms with Crippen LogP contribution in [0.25, 0.3) is 0 Å². The fourth-order valence-electron chi connectivity index (χ4n) is 3.82. The van der Waals surface area contributed by atoms with E-state index in [4.69, 9.17) is 9.47 Å². The summed E-state index contributed by atoms with van der Waals surface area (Å²) in [5.74, 6) is 0.680. The first-order valence-corrected chi connectivity index (χ1v) is 8.47. The second-order valence-electron chi connectivity index (χ2n) is 6.68. The number of urea groups is 1. The van der Waals surface area contributed by atoms with Crippen molar-refractivity contribution in [3.63, 3.8) is 0 Å². The molecule has 1 saturated heterocycles. The lowest BCUT2D eigenvalue weighted by molar-refractivity contribution is -0.0818. The SMILES string of the molecule is COc1cccc(C)c1NC(=O)N[C@H]1CCOC2(CCCC2)C1. The number of carbonyl (C=O) groups is 1. The number of benzene rings is 1. The molecule has 1 spiro atoms. The third-order valence-electron chi connectivity index (χ3n) is 5.04. The van der Waals surface area contributed by atoms with E-state index >= 15 is 0 Å². The number of nitrogens with one attached hydrogen (secondary N) is 2. The summed E-state index contributed by atoms with van der Waals surface area (Å²) in [4.78, 5) is 12.4. The van der Waals surface area contributed by atoms with E-state index in [0.29, 0.717) is 5.75 Å². The van der Waals surface area contributed by atoms with Crippen LogP contribution in [0.4, 0.5) is 10.5 Å². The number of hydrogen-bond acceptors (Lipinski definition) is 3. The second kappa shape index (κ2) is 6.79. The first-order chi connectivity index (χ1) is 11.1. The van der Waals surface area contributed by atoms with Crippen molar-refractivity contribution in [1.82, 2.24) is 5.32 Å². The van der Waals surface area contributed by atoms with E-state index in [9.17, 15) is 4.79 Å². The van der Waals surface area contributed by atoms with E-state index in [2.05, 4.69) is 10.6 Å². The smallest absolute Gasteiger partial charge is 0.319 e. The fraction of sp³-hybridized carbons (Fsp3) is 0.611.